The van der Waals surface area contributed by atoms with E-state index in [1.165, 1.54) is 25.3 Å². The van der Waals surface area contributed by atoms with Gasteiger partial charge in [-0.3, -0.25) is 0 Å². The number of halogens is 2. The van der Waals surface area contributed by atoms with Crippen LogP contribution in [0.1, 0.15) is 24.8 Å². The van der Waals surface area contributed by atoms with Crippen LogP contribution in [-0.4, -0.2) is 17.7 Å². The van der Waals surface area contributed by atoms with Crippen molar-refractivity contribution >= 4 is 35.2 Å². The van der Waals surface area contributed by atoms with Crippen LogP contribution in [0.5, 0.6) is 5.75 Å². The number of carbonyl (C=O) groups is 1. The van der Waals surface area contributed by atoms with Crippen molar-refractivity contribution in [2.45, 2.75) is 19.3 Å². The lowest BCUT2D eigenvalue weighted by atomic mass is 9.86. The van der Waals surface area contributed by atoms with Crippen LogP contribution in [0.3, 0.4) is 0 Å². The summed E-state index contributed by atoms with van der Waals surface area (Å²) in [6.07, 6.45) is 6.07. The molecule has 0 heterocycles. The number of hydrogen-bond donors (Lipinski definition) is 1. The van der Waals surface area contributed by atoms with Crippen LogP contribution in [0.4, 0.5) is 0 Å². The van der Waals surface area contributed by atoms with E-state index < -0.39 is 5.97 Å². The molecule has 0 amide bonds. The molecule has 1 aliphatic carbocycles. The Balaban J connectivity index is 2.19. The van der Waals surface area contributed by atoms with Gasteiger partial charge in [0.15, 0.2) is 0 Å². The molecule has 1 aliphatic rings. The van der Waals surface area contributed by atoms with Crippen LogP contribution in [0.2, 0.25) is 10.0 Å². The van der Waals surface area contributed by atoms with Gasteiger partial charge in [0.1, 0.15) is 5.75 Å². The second-order valence-corrected chi connectivity index (χ2v) is 5.43. The molecule has 0 aromatic heterocycles. The first kappa shape index (κ1) is 14.2. The van der Waals surface area contributed by atoms with E-state index in [2.05, 4.69) is 0 Å². The summed E-state index contributed by atoms with van der Waals surface area (Å²) in [5.41, 5.74) is 0.583. The number of hydrogen-bond acceptors (Lipinski definition) is 2. The van der Waals surface area contributed by atoms with Gasteiger partial charge in [-0.25, -0.2) is 4.79 Å². The van der Waals surface area contributed by atoms with Gasteiger partial charge >= 0.3 is 5.97 Å². The quantitative estimate of drug-likeness (QED) is 0.826. The van der Waals surface area contributed by atoms with Gasteiger partial charge in [0, 0.05) is 16.7 Å². The van der Waals surface area contributed by atoms with E-state index in [9.17, 15) is 4.79 Å². The zero-order valence-electron chi connectivity index (χ0n) is 10.2. The largest absolute Gasteiger partial charge is 0.491 e. The number of aliphatic carboxylic acids is 1. The number of benzene rings is 1. The second-order valence-electron chi connectivity index (χ2n) is 4.59. The minimum atomic E-state index is -1.03. The van der Waals surface area contributed by atoms with Gasteiger partial charge in [0.05, 0.1) is 11.6 Å². The third-order valence-corrected chi connectivity index (χ3v) is 3.63. The predicted octanol–water partition coefficient (Wildman–Crippen LogP) is 4.27. The van der Waals surface area contributed by atoms with Crippen molar-refractivity contribution < 1.29 is 14.6 Å². The average molecular weight is 301 g/mol. The van der Waals surface area contributed by atoms with Crippen molar-refractivity contribution in [2.24, 2.45) is 5.92 Å². The van der Waals surface area contributed by atoms with Gasteiger partial charge in [-0.15, -0.1) is 0 Å². The highest BCUT2D eigenvalue weighted by Gasteiger charge is 2.19. The maximum atomic E-state index is 10.6. The number of ether oxygens (including phenoxy) is 1. The minimum absolute atomic E-state index is 0.400. The molecule has 0 bridgehead atoms. The SMILES string of the molecule is O=C(O)C=Cc1cc(Cl)cc(Cl)c1OCC1CCC1. The molecular formula is C14H14Cl2O3. The minimum Gasteiger partial charge on any atom is -0.491 e. The second kappa shape index (κ2) is 6.31. The zero-order valence-corrected chi connectivity index (χ0v) is 11.7. The smallest absolute Gasteiger partial charge is 0.328 e. The van der Waals surface area contributed by atoms with Crippen LogP contribution in [-0.2, 0) is 4.79 Å². The fourth-order valence-corrected chi connectivity index (χ4v) is 2.44. The van der Waals surface area contributed by atoms with E-state index >= 15 is 0 Å². The molecule has 1 N–H and O–H groups in total. The first-order valence-corrected chi connectivity index (χ1v) is 6.84. The highest BCUT2D eigenvalue weighted by atomic mass is 35.5. The van der Waals surface area contributed by atoms with Gasteiger partial charge in [-0.1, -0.05) is 29.6 Å². The molecule has 1 aromatic carbocycles. The first-order valence-electron chi connectivity index (χ1n) is 6.09. The Labute approximate surface area is 121 Å². The van der Waals surface area contributed by atoms with E-state index in [0.717, 1.165) is 6.08 Å². The Morgan fingerprint density at radius 2 is 2.16 bits per heavy atom. The summed E-state index contributed by atoms with van der Waals surface area (Å²) in [5.74, 6) is 0.0413. The van der Waals surface area contributed by atoms with Crippen LogP contribution in [0, 0.1) is 5.92 Å². The van der Waals surface area contributed by atoms with Crippen LogP contribution in [0.15, 0.2) is 18.2 Å². The summed E-state index contributed by atoms with van der Waals surface area (Å²) in [6, 6.07) is 3.24. The van der Waals surface area contributed by atoms with E-state index in [1.54, 1.807) is 12.1 Å². The van der Waals surface area contributed by atoms with Gasteiger partial charge in [-0.2, -0.15) is 0 Å². The Hall–Kier alpha value is -1.19. The molecule has 1 fully saturated rings. The maximum Gasteiger partial charge on any atom is 0.328 e. The molecule has 0 spiro atoms. The fraction of sp³-hybridized carbons (Fsp3) is 0.357. The Kier molecular flexibility index (Phi) is 4.72. The van der Waals surface area contributed by atoms with Gasteiger partial charge in [-0.05, 0) is 37.0 Å². The van der Waals surface area contributed by atoms with Crippen molar-refractivity contribution in [3.8, 4) is 5.75 Å². The molecule has 0 aliphatic heterocycles. The first-order chi connectivity index (χ1) is 9.06. The molecule has 19 heavy (non-hydrogen) atoms. The van der Waals surface area contributed by atoms with Gasteiger partial charge in [0.2, 0.25) is 0 Å². The topological polar surface area (TPSA) is 46.5 Å². The summed E-state index contributed by atoms with van der Waals surface area (Å²) in [5, 5.41) is 9.53. The number of carboxylic acids is 1. The average Bonchev–Trinajstić information content (AvgIpc) is 2.26. The number of rotatable bonds is 5. The number of carboxylic acid groups (broad SMARTS) is 1. The molecule has 3 nitrogen and oxygen atoms in total. The maximum absolute atomic E-state index is 10.6. The lowest BCUT2D eigenvalue weighted by molar-refractivity contribution is -0.131. The fourth-order valence-electron chi connectivity index (χ4n) is 1.88. The molecule has 0 unspecified atom stereocenters. The zero-order chi connectivity index (χ0) is 13.8. The lowest BCUT2D eigenvalue weighted by Crippen LogP contribution is -2.19. The molecule has 1 aromatic rings. The van der Waals surface area contributed by atoms with E-state index in [1.807, 2.05) is 0 Å². The Morgan fingerprint density at radius 3 is 2.74 bits per heavy atom. The normalized spacial score (nSPS) is 15.5. The van der Waals surface area contributed by atoms with Crippen LogP contribution < -0.4 is 4.74 Å². The standard InChI is InChI=1S/C14H14Cl2O3/c15-11-6-10(4-5-13(17)18)14(12(16)7-11)19-8-9-2-1-3-9/h4-7,9H,1-3,8H2,(H,17,18). The summed E-state index contributed by atoms with van der Waals surface area (Å²) in [4.78, 5) is 10.6. The van der Waals surface area contributed by atoms with Crippen LogP contribution >= 0.6 is 23.2 Å². The predicted molar refractivity (Wildman–Crippen MR) is 76.0 cm³/mol. The molecule has 2 rings (SSSR count). The van der Waals surface area contributed by atoms with Crippen molar-refractivity contribution in [1.29, 1.82) is 0 Å². The van der Waals surface area contributed by atoms with Gasteiger partial charge < -0.3 is 9.84 Å². The highest BCUT2D eigenvalue weighted by Crippen LogP contribution is 2.35. The molecule has 0 radical (unpaired) electrons. The molecule has 5 heteroatoms. The van der Waals surface area contributed by atoms with Crippen LogP contribution in [0.25, 0.3) is 6.08 Å². The van der Waals surface area contributed by atoms with E-state index in [0.29, 0.717) is 33.9 Å². The molecule has 102 valence electrons. The highest BCUT2D eigenvalue weighted by molar-refractivity contribution is 6.35. The molecule has 0 atom stereocenters. The van der Waals surface area contributed by atoms with Gasteiger partial charge in [0.25, 0.3) is 0 Å². The monoisotopic (exact) mass is 300 g/mol. The van der Waals surface area contributed by atoms with Crippen molar-refractivity contribution in [1.82, 2.24) is 0 Å². The summed E-state index contributed by atoms with van der Waals surface area (Å²) >= 11 is 12.0. The summed E-state index contributed by atoms with van der Waals surface area (Å²) in [7, 11) is 0. The van der Waals surface area contributed by atoms with E-state index in [4.69, 9.17) is 33.0 Å². The third-order valence-electron chi connectivity index (χ3n) is 3.13. The Morgan fingerprint density at radius 1 is 1.42 bits per heavy atom. The molecule has 1 saturated carbocycles. The lowest BCUT2D eigenvalue weighted by Gasteiger charge is -2.25. The third kappa shape index (κ3) is 3.88. The van der Waals surface area contributed by atoms with Crippen molar-refractivity contribution in [3.05, 3.63) is 33.8 Å². The summed E-state index contributed by atoms with van der Waals surface area (Å²) < 4.78 is 5.72. The van der Waals surface area contributed by atoms with E-state index in [-0.39, 0.29) is 0 Å². The van der Waals surface area contributed by atoms with Crippen molar-refractivity contribution in [2.75, 3.05) is 6.61 Å². The summed E-state index contributed by atoms with van der Waals surface area (Å²) in [6.45, 7) is 0.606. The molecular weight excluding hydrogens is 287 g/mol. The molecule has 0 saturated heterocycles. The van der Waals surface area contributed by atoms with Crippen molar-refractivity contribution in [3.63, 3.8) is 0 Å². The Bertz CT molecular complexity index is 508.